The first kappa shape index (κ1) is 12.6. The largest absolute Gasteiger partial charge is 0.289 e. The monoisotopic (exact) mass is 207 g/mol. The molecule has 2 N–H and O–H groups in total. The number of carbonyl (C=O) groups excluding carboxylic acids is 1. The van der Waals surface area contributed by atoms with Crippen molar-refractivity contribution in [1.29, 1.82) is 0 Å². The van der Waals surface area contributed by atoms with Gasteiger partial charge in [-0.15, -0.1) is 0 Å². The number of nitrogens with one attached hydrogen (secondary N) is 1. The first-order valence-electron chi connectivity index (χ1n) is 4.49. The van der Waals surface area contributed by atoms with Crippen LogP contribution < -0.4 is 4.72 Å². The molecule has 0 aliphatic rings. The minimum Gasteiger partial charge on any atom is -0.289 e. The lowest BCUT2D eigenvalue weighted by atomic mass is 10.0. The van der Waals surface area contributed by atoms with Crippen molar-refractivity contribution in [2.24, 2.45) is 5.92 Å². The van der Waals surface area contributed by atoms with Crippen molar-refractivity contribution in [3.63, 3.8) is 0 Å². The Hall–Kier alpha value is -0.420. The molecular formula is C8H17NO3S. The van der Waals surface area contributed by atoms with Crippen LogP contribution in [0, 0.1) is 5.92 Å². The van der Waals surface area contributed by atoms with E-state index in [1.165, 1.54) is 0 Å². The molecule has 0 fully saturated rings. The zero-order valence-electron chi connectivity index (χ0n) is 8.08. The van der Waals surface area contributed by atoms with Crippen LogP contribution in [0.3, 0.4) is 0 Å². The van der Waals surface area contributed by atoms with Crippen molar-refractivity contribution in [1.82, 2.24) is 4.72 Å². The molecular weight excluding hydrogens is 190 g/mol. The molecule has 78 valence electrons. The lowest BCUT2D eigenvalue weighted by Crippen LogP contribution is -2.30. The van der Waals surface area contributed by atoms with E-state index in [4.69, 9.17) is 4.55 Å². The first-order chi connectivity index (χ1) is 6.07. The third-order valence-corrected chi connectivity index (χ3v) is 2.25. The summed E-state index contributed by atoms with van der Waals surface area (Å²) in [7, 11) is 0. The molecule has 0 saturated heterocycles. The van der Waals surface area contributed by atoms with Crippen molar-refractivity contribution in [2.45, 2.75) is 39.5 Å². The third kappa shape index (κ3) is 6.72. The highest BCUT2D eigenvalue weighted by atomic mass is 32.2. The maximum atomic E-state index is 11.1. The Bertz CT molecular complexity index is 184. The van der Waals surface area contributed by atoms with E-state index in [0.29, 0.717) is 0 Å². The highest BCUT2D eigenvalue weighted by Crippen LogP contribution is 2.08. The molecule has 5 heteroatoms. The van der Waals surface area contributed by atoms with Gasteiger partial charge in [0.05, 0.1) is 0 Å². The molecule has 0 rings (SSSR count). The summed E-state index contributed by atoms with van der Waals surface area (Å²) in [5, 5.41) is 0. The molecule has 13 heavy (non-hydrogen) atoms. The number of rotatable bonds is 6. The van der Waals surface area contributed by atoms with Crippen LogP contribution in [0.5, 0.6) is 0 Å². The Kier molecular flexibility index (Phi) is 6.80. The zero-order chi connectivity index (χ0) is 10.3. The molecule has 0 radical (unpaired) electrons. The van der Waals surface area contributed by atoms with Crippen LogP contribution in [0.2, 0.25) is 0 Å². The van der Waals surface area contributed by atoms with E-state index in [9.17, 15) is 9.00 Å². The molecule has 0 aliphatic carbocycles. The van der Waals surface area contributed by atoms with Crippen LogP contribution in [0.25, 0.3) is 0 Å². The second-order valence-corrected chi connectivity index (χ2v) is 3.81. The lowest BCUT2D eigenvalue weighted by molar-refractivity contribution is -0.122. The predicted octanol–water partition coefficient (Wildman–Crippen LogP) is 1.46. The molecule has 0 bridgehead atoms. The molecule has 0 aromatic rings. The summed E-state index contributed by atoms with van der Waals surface area (Å²) in [6, 6.07) is 0. The maximum Gasteiger partial charge on any atom is 0.261 e. The smallest absolute Gasteiger partial charge is 0.261 e. The van der Waals surface area contributed by atoms with Gasteiger partial charge in [-0.2, -0.15) is 0 Å². The van der Waals surface area contributed by atoms with Crippen LogP contribution in [0.15, 0.2) is 0 Å². The summed E-state index contributed by atoms with van der Waals surface area (Å²) in [6.07, 6.45) is 3.97. The van der Waals surface area contributed by atoms with Gasteiger partial charge in [0.25, 0.3) is 11.3 Å². The van der Waals surface area contributed by atoms with Gasteiger partial charge in [-0.1, -0.05) is 33.1 Å². The number of unbranched alkanes of at least 4 members (excludes halogenated alkanes) is 2. The van der Waals surface area contributed by atoms with Gasteiger partial charge in [0, 0.05) is 5.92 Å². The Morgan fingerprint density at radius 3 is 2.62 bits per heavy atom. The molecule has 0 saturated carbocycles. The summed E-state index contributed by atoms with van der Waals surface area (Å²) < 4.78 is 20.6. The van der Waals surface area contributed by atoms with Crippen molar-refractivity contribution in [2.75, 3.05) is 0 Å². The van der Waals surface area contributed by atoms with Crippen molar-refractivity contribution in [3.8, 4) is 0 Å². The molecule has 0 heterocycles. The first-order valence-corrected chi connectivity index (χ1v) is 5.60. The van der Waals surface area contributed by atoms with E-state index in [2.05, 4.69) is 6.92 Å². The molecule has 0 aliphatic heterocycles. The Labute approximate surface area is 81.5 Å². The fourth-order valence-corrected chi connectivity index (χ4v) is 1.39. The standard InChI is InChI=1S/C8H17NO3S/c1-3-4-5-6-7(2)8(10)9-13(11)12/h7H,3-6H2,1-2H3,(H,9,10)(H,11,12). The number of hydrogen-bond donors (Lipinski definition) is 2. The SMILES string of the molecule is CCCCCC(C)C(=O)NS(=O)O. The van der Waals surface area contributed by atoms with Crippen LogP contribution in [-0.4, -0.2) is 14.7 Å². The minimum absolute atomic E-state index is 0.178. The van der Waals surface area contributed by atoms with Crippen LogP contribution in [-0.2, 0) is 16.1 Å². The number of carbonyl (C=O) groups is 1. The second kappa shape index (κ2) is 7.03. The molecule has 0 spiro atoms. The van der Waals surface area contributed by atoms with Crippen molar-refractivity contribution in [3.05, 3.63) is 0 Å². The summed E-state index contributed by atoms with van der Waals surface area (Å²) >= 11 is -2.22. The Morgan fingerprint density at radius 2 is 2.15 bits per heavy atom. The predicted molar refractivity (Wildman–Crippen MR) is 52.2 cm³/mol. The van der Waals surface area contributed by atoms with Crippen LogP contribution >= 0.6 is 0 Å². The fourth-order valence-electron chi connectivity index (χ4n) is 1.02. The van der Waals surface area contributed by atoms with Crippen molar-refractivity contribution >= 4 is 17.2 Å². The Morgan fingerprint density at radius 1 is 1.54 bits per heavy atom. The van der Waals surface area contributed by atoms with Crippen molar-refractivity contribution < 1.29 is 13.6 Å². The van der Waals surface area contributed by atoms with Gasteiger partial charge >= 0.3 is 0 Å². The van der Waals surface area contributed by atoms with Crippen LogP contribution in [0.1, 0.15) is 39.5 Å². The summed E-state index contributed by atoms with van der Waals surface area (Å²) in [5.41, 5.74) is 0. The quantitative estimate of drug-likeness (QED) is 0.512. The topological polar surface area (TPSA) is 66.4 Å². The molecule has 1 amide bonds. The Balaban J connectivity index is 3.63. The fraction of sp³-hybridized carbons (Fsp3) is 0.875. The maximum absolute atomic E-state index is 11.1. The highest BCUT2D eigenvalue weighted by molar-refractivity contribution is 7.77. The molecule has 2 atom stereocenters. The van der Waals surface area contributed by atoms with Gasteiger partial charge in [0.2, 0.25) is 5.91 Å². The second-order valence-electron chi connectivity index (χ2n) is 3.11. The van der Waals surface area contributed by atoms with E-state index in [-0.39, 0.29) is 11.8 Å². The lowest BCUT2D eigenvalue weighted by Gasteiger charge is -2.08. The van der Waals surface area contributed by atoms with E-state index in [1.54, 1.807) is 6.92 Å². The van der Waals surface area contributed by atoms with E-state index in [0.717, 1.165) is 25.7 Å². The normalized spacial score (nSPS) is 15.0. The number of hydrogen-bond acceptors (Lipinski definition) is 2. The zero-order valence-corrected chi connectivity index (χ0v) is 8.89. The van der Waals surface area contributed by atoms with Gasteiger partial charge in [-0.3, -0.25) is 14.1 Å². The van der Waals surface area contributed by atoms with Gasteiger partial charge in [-0.05, 0) is 6.42 Å². The average Bonchev–Trinajstić information content (AvgIpc) is 2.03. The van der Waals surface area contributed by atoms with Gasteiger partial charge in [0.15, 0.2) is 0 Å². The van der Waals surface area contributed by atoms with E-state index < -0.39 is 11.3 Å². The van der Waals surface area contributed by atoms with Crippen LogP contribution in [0.4, 0.5) is 0 Å². The van der Waals surface area contributed by atoms with Gasteiger partial charge in [0.1, 0.15) is 0 Å². The van der Waals surface area contributed by atoms with E-state index in [1.807, 2.05) is 4.72 Å². The number of amides is 1. The van der Waals surface area contributed by atoms with Gasteiger partial charge in [-0.25, -0.2) is 4.21 Å². The van der Waals surface area contributed by atoms with E-state index >= 15 is 0 Å². The molecule has 0 aromatic heterocycles. The molecule has 4 nitrogen and oxygen atoms in total. The average molecular weight is 207 g/mol. The third-order valence-electron chi connectivity index (χ3n) is 1.88. The van der Waals surface area contributed by atoms with Gasteiger partial charge < -0.3 is 0 Å². The highest BCUT2D eigenvalue weighted by Gasteiger charge is 2.13. The summed E-state index contributed by atoms with van der Waals surface area (Å²) in [5.74, 6) is -0.528. The minimum atomic E-state index is -2.22. The molecule has 2 unspecified atom stereocenters. The summed E-state index contributed by atoms with van der Waals surface area (Å²) in [4.78, 5) is 11.1. The summed E-state index contributed by atoms with van der Waals surface area (Å²) in [6.45, 7) is 3.85. The molecule has 0 aromatic carbocycles.